The number of hydrogen-bond donors (Lipinski definition) is 2. The molecular weight excluding hydrogens is 272 g/mol. The summed E-state index contributed by atoms with van der Waals surface area (Å²) in [6.07, 6.45) is 4.46. The van der Waals surface area contributed by atoms with Crippen molar-refractivity contribution >= 4 is 11.6 Å². The number of rotatable bonds is 5. The van der Waals surface area contributed by atoms with E-state index < -0.39 is 0 Å². The van der Waals surface area contributed by atoms with Crippen molar-refractivity contribution in [3.05, 3.63) is 34.3 Å². The molecule has 0 radical (unpaired) electrons. The number of halogens is 1. The highest BCUT2D eigenvalue weighted by Gasteiger charge is 2.23. The van der Waals surface area contributed by atoms with Crippen molar-refractivity contribution in [2.75, 3.05) is 26.2 Å². The quantitative estimate of drug-likeness (QED) is 0.875. The van der Waals surface area contributed by atoms with E-state index >= 15 is 0 Å². The number of benzene rings is 1. The lowest BCUT2D eigenvalue weighted by atomic mass is 10.1. The summed E-state index contributed by atoms with van der Waals surface area (Å²) in [5, 5.41) is 14.5. The molecule has 4 heteroatoms. The molecule has 0 amide bonds. The zero-order chi connectivity index (χ0) is 13.9. The van der Waals surface area contributed by atoms with E-state index in [2.05, 4.69) is 22.3 Å². The first kappa shape index (κ1) is 14.3. The van der Waals surface area contributed by atoms with E-state index in [9.17, 15) is 5.11 Å². The Labute approximate surface area is 125 Å². The molecule has 3 rings (SSSR count). The smallest absolute Gasteiger partial charge is 0.0791 e. The van der Waals surface area contributed by atoms with Gasteiger partial charge in [-0.2, -0.15) is 0 Å². The second kappa shape index (κ2) is 6.44. The van der Waals surface area contributed by atoms with Crippen LogP contribution in [0.15, 0.2) is 18.2 Å². The van der Waals surface area contributed by atoms with Crippen molar-refractivity contribution in [1.82, 2.24) is 10.2 Å². The van der Waals surface area contributed by atoms with E-state index in [1.165, 1.54) is 24.0 Å². The molecule has 0 bridgehead atoms. The highest BCUT2D eigenvalue weighted by atomic mass is 35.5. The molecule has 1 aliphatic carbocycles. The highest BCUT2D eigenvalue weighted by molar-refractivity contribution is 6.30. The Morgan fingerprint density at radius 3 is 2.95 bits per heavy atom. The number of likely N-dealkylation sites (tertiary alicyclic amines) is 1. The van der Waals surface area contributed by atoms with Gasteiger partial charge in [-0.3, -0.25) is 0 Å². The van der Waals surface area contributed by atoms with Gasteiger partial charge in [0.1, 0.15) is 0 Å². The summed E-state index contributed by atoms with van der Waals surface area (Å²) in [7, 11) is 0. The molecule has 1 heterocycles. The fraction of sp³-hybridized carbons (Fsp3) is 0.625. The summed E-state index contributed by atoms with van der Waals surface area (Å²) in [5.41, 5.74) is 2.70. The van der Waals surface area contributed by atoms with E-state index in [0.717, 1.165) is 37.5 Å². The topological polar surface area (TPSA) is 35.5 Å². The third kappa shape index (κ3) is 3.34. The third-order valence-electron chi connectivity index (χ3n) is 4.45. The number of hydrogen-bond acceptors (Lipinski definition) is 3. The van der Waals surface area contributed by atoms with Crippen LogP contribution in [0.25, 0.3) is 0 Å². The summed E-state index contributed by atoms with van der Waals surface area (Å²) in [5.74, 6) is 0. The number of nitrogens with one attached hydrogen (secondary N) is 1. The monoisotopic (exact) mass is 294 g/mol. The summed E-state index contributed by atoms with van der Waals surface area (Å²) in [6, 6.07) is 6.52. The van der Waals surface area contributed by atoms with Crippen LogP contribution in [0.3, 0.4) is 0 Å². The number of fused-ring (bicyclic) bond motifs is 1. The van der Waals surface area contributed by atoms with Crippen LogP contribution in [-0.2, 0) is 6.42 Å². The first-order valence-corrected chi connectivity index (χ1v) is 8.02. The Morgan fingerprint density at radius 2 is 2.15 bits per heavy atom. The zero-order valence-electron chi connectivity index (χ0n) is 11.8. The molecule has 0 saturated carbocycles. The van der Waals surface area contributed by atoms with Crippen molar-refractivity contribution in [3.8, 4) is 0 Å². The lowest BCUT2D eigenvalue weighted by Crippen LogP contribution is -2.38. The lowest BCUT2D eigenvalue weighted by Gasteiger charge is -2.22. The van der Waals surface area contributed by atoms with Crippen LogP contribution >= 0.6 is 11.6 Å². The van der Waals surface area contributed by atoms with Gasteiger partial charge in [-0.25, -0.2) is 0 Å². The Hall–Kier alpha value is -0.610. The summed E-state index contributed by atoms with van der Waals surface area (Å²) >= 11 is 6.03. The van der Waals surface area contributed by atoms with E-state index in [0.29, 0.717) is 12.6 Å². The molecule has 1 aromatic rings. The molecule has 0 spiro atoms. The van der Waals surface area contributed by atoms with Gasteiger partial charge in [0.2, 0.25) is 0 Å². The van der Waals surface area contributed by atoms with Crippen LogP contribution in [0.4, 0.5) is 0 Å². The van der Waals surface area contributed by atoms with Gasteiger partial charge in [-0.15, -0.1) is 0 Å². The molecule has 110 valence electrons. The molecule has 2 unspecified atom stereocenters. The van der Waals surface area contributed by atoms with Crippen LogP contribution < -0.4 is 5.32 Å². The summed E-state index contributed by atoms with van der Waals surface area (Å²) in [6.45, 7) is 3.75. The molecule has 2 aliphatic rings. The highest BCUT2D eigenvalue weighted by Crippen LogP contribution is 2.32. The van der Waals surface area contributed by atoms with Crippen LogP contribution in [0.1, 0.15) is 36.4 Å². The van der Waals surface area contributed by atoms with Gasteiger partial charge >= 0.3 is 0 Å². The molecule has 1 fully saturated rings. The van der Waals surface area contributed by atoms with Gasteiger partial charge in [0.25, 0.3) is 0 Å². The molecule has 2 atom stereocenters. The van der Waals surface area contributed by atoms with Gasteiger partial charge in [0.05, 0.1) is 6.10 Å². The maximum atomic E-state index is 10.1. The molecule has 3 nitrogen and oxygen atoms in total. The van der Waals surface area contributed by atoms with Gasteiger partial charge in [-0.1, -0.05) is 17.7 Å². The fourth-order valence-corrected chi connectivity index (χ4v) is 3.60. The lowest BCUT2D eigenvalue weighted by molar-refractivity contribution is 0.120. The van der Waals surface area contributed by atoms with Crippen LogP contribution in [0.5, 0.6) is 0 Å². The maximum Gasteiger partial charge on any atom is 0.0791 e. The molecule has 1 saturated heterocycles. The molecule has 2 N–H and O–H groups in total. The molecule has 20 heavy (non-hydrogen) atoms. The Kier molecular flexibility index (Phi) is 4.61. The molecular formula is C16H23ClN2O. The van der Waals surface area contributed by atoms with Crippen LogP contribution in [-0.4, -0.2) is 42.3 Å². The minimum Gasteiger partial charge on any atom is -0.390 e. The average molecular weight is 295 g/mol. The Morgan fingerprint density at radius 1 is 1.35 bits per heavy atom. The van der Waals surface area contributed by atoms with E-state index in [-0.39, 0.29) is 6.10 Å². The molecule has 1 aliphatic heterocycles. The minimum absolute atomic E-state index is 0.274. The van der Waals surface area contributed by atoms with Crippen LogP contribution in [0.2, 0.25) is 5.02 Å². The predicted molar refractivity (Wildman–Crippen MR) is 82.2 cm³/mol. The number of aliphatic hydroxyl groups is 1. The normalized spacial score (nSPS) is 24.0. The molecule has 0 aromatic heterocycles. The number of nitrogens with zero attached hydrogens (tertiary/aromatic N) is 1. The summed E-state index contributed by atoms with van der Waals surface area (Å²) < 4.78 is 0. The van der Waals surface area contributed by atoms with E-state index in [4.69, 9.17) is 11.6 Å². The number of aliphatic hydroxyl groups excluding tert-OH is 1. The van der Waals surface area contributed by atoms with E-state index in [1.807, 2.05) is 6.07 Å². The number of aryl methyl sites for hydroxylation is 1. The Bertz CT molecular complexity index is 460. The van der Waals surface area contributed by atoms with Crippen molar-refractivity contribution < 1.29 is 5.11 Å². The SMILES string of the molecule is OC(CNC1CCc2cc(Cl)ccc21)CN1CCCC1. The first-order chi connectivity index (χ1) is 9.72. The predicted octanol–water partition coefficient (Wildman–Crippen LogP) is 2.37. The van der Waals surface area contributed by atoms with Gasteiger partial charge in [0, 0.05) is 24.2 Å². The van der Waals surface area contributed by atoms with Gasteiger partial charge in [0.15, 0.2) is 0 Å². The van der Waals surface area contributed by atoms with Gasteiger partial charge < -0.3 is 15.3 Å². The van der Waals surface area contributed by atoms with Crippen molar-refractivity contribution in [1.29, 1.82) is 0 Å². The zero-order valence-corrected chi connectivity index (χ0v) is 12.6. The van der Waals surface area contributed by atoms with Crippen molar-refractivity contribution in [2.24, 2.45) is 0 Å². The minimum atomic E-state index is -0.274. The largest absolute Gasteiger partial charge is 0.390 e. The van der Waals surface area contributed by atoms with Crippen molar-refractivity contribution in [3.63, 3.8) is 0 Å². The second-order valence-corrected chi connectivity index (χ2v) is 6.44. The standard InChI is InChI=1S/C16H23ClN2O/c17-13-4-5-15-12(9-13)3-6-16(15)18-10-14(20)11-19-7-1-2-8-19/h4-5,9,14,16,18,20H,1-3,6-8,10-11H2. The third-order valence-corrected chi connectivity index (χ3v) is 4.69. The average Bonchev–Trinajstić information content (AvgIpc) is 3.05. The number of β-amino-alcohol motifs (C(OH)–C–C–N with tert-alkyl or cyclic N) is 1. The van der Waals surface area contributed by atoms with Crippen LogP contribution in [0, 0.1) is 0 Å². The second-order valence-electron chi connectivity index (χ2n) is 6.00. The Balaban J connectivity index is 1.50. The fourth-order valence-electron chi connectivity index (χ4n) is 3.40. The van der Waals surface area contributed by atoms with Crippen molar-refractivity contribution in [2.45, 2.75) is 37.8 Å². The maximum absolute atomic E-state index is 10.1. The summed E-state index contributed by atoms with van der Waals surface area (Å²) in [4.78, 5) is 2.36. The van der Waals surface area contributed by atoms with Gasteiger partial charge in [-0.05, 0) is 62.0 Å². The molecule has 1 aromatic carbocycles. The first-order valence-electron chi connectivity index (χ1n) is 7.64. The van der Waals surface area contributed by atoms with E-state index in [1.54, 1.807) is 0 Å².